The number of nitrogens with one attached hydrogen (secondary N) is 1. The normalized spacial score (nSPS) is 13.7. The highest BCUT2D eigenvalue weighted by molar-refractivity contribution is 8.00. The fourth-order valence-corrected chi connectivity index (χ4v) is 2.02. The first kappa shape index (κ1) is 14.6. The van der Waals surface area contributed by atoms with E-state index in [1.165, 1.54) is 18.7 Å². The minimum absolute atomic E-state index is 0.215. The Morgan fingerprint density at radius 2 is 1.94 bits per heavy atom. The molecular weight excluding hydrogens is 250 g/mol. The summed E-state index contributed by atoms with van der Waals surface area (Å²) >= 11 is 1.39. The highest BCUT2D eigenvalue weighted by Gasteiger charge is 2.32. The molecule has 4 nitrogen and oxygen atoms in total. The van der Waals surface area contributed by atoms with Gasteiger partial charge in [-0.2, -0.15) is 0 Å². The van der Waals surface area contributed by atoms with Crippen LogP contribution in [0.3, 0.4) is 0 Å². The van der Waals surface area contributed by atoms with Crippen LogP contribution in [-0.4, -0.2) is 28.3 Å². The van der Waals surface area contributed by atoms with E-state index in [0.29, 0.717) is 6.42 Å². The molecule has 0 spiro atoms. The van der Waals surface area contributed by atoms with Gasteiger partial charge in [0.15, 0.2) is 0 Å². The van der Waals surface area contributed by atoms with Crippen LogP contribution in [0.4, 0.5) is 0 Å². The predicted molar refractivity (Wildman–Crippen MR) is 71.6 cm³/mol. The third kappa shape index (κ3) is 4.07. The average molecular weight is 267 g/mol. The van der Waals surface area contributed by atoms with Crippen LogP contribution in [0.5, 0.6) is 0 Å². The topological polar surface area (TPSA) is 66.4 Å². The third-order valence-electron chi connectivity index (χ3n) is 2.71. The van der Waals surface area contributed by atoms with E-state index in [9.17, 15) is 9.59 Å². The molecule has 1 aromatic carbocycles. The highest BCUT2D eigenvalue weighted by atomic mass is 32.2. The molecule has 0 aliphatic rings. The maximum absolute atomic E-state index is 11.7. The zero-order valence-corrected chi connectivity index (χ0v) is 11.3. The van der Waals surface area contributed by atoms with E-state index >= 15 is 0 Å². The number of carbonyl (C=O) groups is 2. The number of hydrogen-bond donors (Lipinski definition) is 2. The number of rotatable bonds is 6. The maximum atomic E-state index is 11.7. The number of benzene rings is 1. The second-order valence-electron chi connectivity index (χ2n) is 4.14. The standard InChI is InChI=1S/C13H17NO3S/c1-3-13(2,12(16)17)14-11(15)9-18-10-7-5-4-6-8-10/h4-8H,3,9H2,1-2H3,(H,14,15)(H,16,17). The van der Waals surface area contributed by atoms with E-state index < -0.39 is 11.5 Å². The minimum Gasteiger partial charge on any atom is -0.480 e. The molecular formula is C13H17NO3S. The molecule has 1 amide bonds. The molecule has 0 radical (unpaired) electrons. The Labute approximate surface area is 111 Å². The molecule has 0 aromatic heterocycles. The molecule has 0 saturated carbocycles. The van der Waals surface area contributed by atoms with Crippen molar-refractivity contribution in [1.29, 1.82) is 0 Å². The van der Waals surface area contributed by atoms with Gasteiger partial charge in [-0.3, -0.25) is 4.79 Å². The molecule has 0 heterocycles. The van der Waals surface area contributed by atoms with Crippen LogP contribution in [0, 0.1) is 0 Å². The van der Waals surface area contributed by atoms with Gasteiger partial charge < -0.3 is 10.4 Å². The summed E-state index contributed by atoms with van der Waals surface area (Å²) in [6, 6.07) is 9.52. The van der Waals surface area contributed by atoms with Crippen LogP contribution in [0.2, 0.25) is 0 Å². The summed E-state index contributed by atoms with van der Waals surface area (Å²) in [6.07, 6.45) is 0.351. The summed E-state index contributed by atoms with van der Waals surface area (Å²) in [5, 5.41) is 11.6. The Kier molecular flexibility index (Phi) is 5.22. The molecule has 0 aliphatic heterocycles. The second kappa shape index (κ2) is 6.44. The van der Waals surface area contributed by atoms with Crippen LogP contribution in [0.1, 0.15) is 20.3 Å². The first-order valence-electron chi connectivity index (χ1n) is 5.70. The molecule has 5 heteroatoms. The zero-order chi connectivity index (χ0) is 13.6. The minimum atomic E-state index is -1.19. The van der Waals surface area contributed by atoms with E-state index in [0.717, 1.165) is 4.90 Å². The van der Waals surface area contributed by atoms with Crippen LogP contribution in [-0.2, 0) is 9.59 Å². The van der Waals surface area contributed by atoms with Crippen molar-refractivity contribution in [3.05, 3.63) is 30.3 Å². The molecule has 0 bridgehead atoms. The number of carboxylic acid groups (broad SMARTS) is 1. The molecule has 1 atom stereocenters. The predicted octanol–water partition coefficient (Wildman–Crippen LogP) is 2.15. The lowest BCUT2D eigenvalue weighted by Crippen LogP contribution is -2.52. The van der Waals surface area contributed by atoms with Crippen LogP contribution in [0.15, 0.2) is 35.2 Å². The monoisotopic (exact) mass is 267 g/mol. The number of carbonyl (C=O) groups excluding carboxylic acids is 1. The lowest BCUT2D eigenvalue weighted by Gasteiger charge is -2.24. The molecule has 2 N–H and O–H groups in total. The van der Waals surface area contributed by atoms with E-state index in [1.54, 1.807) is 6.92 Å². The lowest BCUT2D eigenvalue weighted by molar-refractivity contribution is -0.146. The fraction of sp³-hybridized carbons (Fsp3) is 0.385. The zero-order valence-electron chi connectivity index (χ0n) is 10.5. The van der Waals surface area contributed by atoms with Crippen LogP contribution in [0.25, 0.3) is 0 Å². The summed E-state index contributed by atoms with van der Waals surface area (Å²) in [6.45, 7) is 3.25. The summed E-state index contributed by atoms with van der Waals surface area (Å²) < 4.78 is 0. The van der Waals surface area contributed by atoms with Crippen molar-refractivity contribution in [3.8, 4) is 0 Å². The van der Waals surface area contributed by atoms with Gasteiger partial charge in [-0.25, -0.2) is 4.79 Å². The molecule has 0 fully saturated rings. The lowest BCUT2D eigenvalue weighted by atomic mass is 9.99. The highest BCUT2D eigenvalue weighted by Crippen LogP contribution is 2.17. The van der Waals surface area contributed by atoms with Crippen LogP contribution < -0.4 is 5.32 Å². The molecule has 0 aliphatic carbocycles. The summed E-state index contributed by atoms with van der Waals surface area (Å²) in [4.78, 5) is 23.7. The Balaban J connectivity index is 2.49. The number of amides is 1. The van der Waals surface area contributed by atoms with Gasteiger partial charge in [-0.1, -0.05) is 25.1 Å². The van der Waals surface area contributed by atoms with Crippen molar-refractivity contribution in [2.75, 3.05) is 5.75 Å². The van der Waals surface area contributed by atoms with Gasteiger partial charge >= 0.3 is 5.97 Å². The maximum Gasteiger partial charge on any atom is 0.329 e. The van der Waals surface area contributed by atoms with Crippen molar-refractivity contribution >= 4 is 23.6 Å². The Morgan fingerprint density at radius 1 is 1.33 bits per heavy atom. The smallest absolute Gasteiger partial charge is 0.329 e. The van der Waals surface area contributed by atoms with Gasteiger partial charge in [0, 0.05) is 4.90 Å². The van der Waals surface area contributed by atoms with Gasteiger partial charge in [0.2, 0.25) is 5.91 Å². The van der Waals surface area contributed by atoms with Crippen molar-refractivity contribution in [1.82, 2.24) is 5.32 Å². The van der Waals surface area contributed by atoms with E-state index in [-0.39, 0.29) is 11.7 Å². The number of aliphatic carboxylic acids is 1. The SMILES string of the molecule is CCC(C)(NC(=O)CSc1ccccc1)C(=O)O. The van der Waals surface area contributed by atoms with Crippen molar-refractivity contribution in [2.45, 2.75) is 30.7 Å². The van der Waals surface area contributed by atoms with Gasteiger partial charge in [-0.15, -0.1) is 11.8 Å². The van der Waals surface area contributed by atoms with Crippen molar-refractivity contribution in [2.24, 2.45) is 0 Å². The Bertz CT molecular complexity index is 422. The number of carboxylic acids is 1. The summed E-state index contributed by atoms with van der Waals surface area (Å²) in [7, 11) is 0. The quantitative estimate of drug-likeness (QED) is 0.775. The van der Waals surface area contributed by atoms with Gasteiger partial charge in [0.05, 0.1) is 5.75 Å². The Hall–Kier alpha value is -1.49. The van der Waals surface area contributed by atoms with Gasteiger partial charge in [-0.05, 0) is 25.5 Å². The average Bonchev–Trinajstić information content (AvgIpc) is 2.37. The molecule has 98 valence electrons. The molecule has 1 unspecified atom stereocenters. The molecule has 0 saturated heterocycles. The number of thioether (sulfide) groups is 1. The number of hydrogen-bond acceptors (Lipinski definition) is 3. The van der Waals surface area contributed by atoms with Crippen molar-refractivity contribution < 1.29 is 14.7 Å². The first-order chi connectivity index (χ1) is 8.48. The van der Waals surface area contributed by atoms with E-state index in [2.05, 4.69) is 5.32 Å². The largest absolute Gasteiger partial charge is 0.480 e. The fourth-order valence-electron chi connectivity index (χ4n) is 1.30. The first-order valence-corrected chi connectivity index (χ1v) is 6.69. The molecule has 18 heavy (non-hydrogen) atoms. The van der Waals surface area contributed by atoms with Gasteiger partial charge in [0.1, 0.15) is 5.54 Å². The summed E-state index contributed by atoms with van der Waals surface area (Å²) in [5.41, 5.74) is -1.19. The molecule has 1 rings (SSSR count). The van der Waals surface area contributed by atoms with E-state index in [4.69, 9.17) is 5.11 Å². The van der Waals surface area contributed by atoms with E-state index in [1.807, 2.05) is 30.3 Å². The van der Waals surface area contributed by atoms with Crippen molar-refractivity contribution in [3.63, 3.8) is 0 Å². The molecule has 1 aromatic rings. The third-order valence-corrected chi connectivity index (χ3v) is 3.72. The Morgan fingerprint density at radius 3 is 2.44 bits per heavy atom. The summed E-state index contributed by atoms with van der Waals surface area (Å²) in [5.74, 6) is -1.06. The second-order valence-corrected chi connectivity index (χ2v) is 5.19. The van der Waals surface area contributed by atoms with Gasteiger partial charge in [0.25, 0.3) is 0 Å². The van der Waals surface area contributed by atoms with Crippen LogP contribution >= 0.6 is 11.8 Å².